The monoisotopic (exact) mass is 391 g/mol. The molecule has 152 valence electrons. The van der Waals surface area contributed by atoms with Crippen LogP contribution in [-0.2, 0) is 23.1 Å². The summed E-state index contributed by atoms with van der Waals surface area (Å²) in [5.41, 5.74) is 1.79. The summed E-state index contributed by atoms with van der Waals surface area (Å²) < 4.78 is 7.93. The number of piperidine rings is 1. The first-order valence-corrected chi connectivity index (χ1v) is 9.16. The Balaban J connectivity index is 1.80. The van der Waals surface area contributed by atoms with Crippen molar-refractivity contribution >= 4 is 23.0 Å². The van der Waals surface area contributed by atoms with E-state index in [-0.39, 0.29) is 24.7 Å². The lowest BCUT2D eigenvalue weighted by molar-refractivity contribution is -0.130. The summed E-state index contributed by atoms with van der Waals surface area (Å²) >= 11 is 0. The summed E-state index contributed by atoms with van der Waals surface area (Å²) in [5.74, 6) is -0.372. The van der Waals surface area contributed by atoms with Crippen molar-refractivity contribution in [3.8, 4) is 0 Å². The summed E-state index contributed by atoms with van der Waals surface area (Å²) in [6.45, 7) is 1.10. The van der Waals surface area contributed by atoms with E-state index >= 15 is 0 Å². The fraction of sp³-hybridized carbons (Fsp3) is 0.500. The van der Waals surface area contributed by atoms with Gasteiger partial charge in [0.15, 0.2) is 0 Å². The lowest BCUT2D eigenvalue weighted by Crippen LogP contribution is -2.46. The molecule has 1 saturated heterocycles. The molecule has 1 aromatic heterocycles. The minimum atomic E-state index is -0.875. The lowest BCUT2D eigenvalue weighted by atomic mass is 10.0. The number of nitrogens with one attached hydrogen (secondary N) is 3. The Morgan fingerprint density at radius 1 is 1.32 bits per heavy atom. The number of carbonyl (C=O) groups excluding carboxylic acids is 2. The maximum Gasteiger partial charge on any atom is 0.407 e. The number of likely N-dealkylation sites (N-methyl/N-ethyl adjacent to an activating group) is 1. The minimum Gasteiger partial charge on any atom is -0.448 e. The van der Waals surface area contributed by atoms with Gasteiger partial charge in [-0.2, -0.15) is 0 Å². The number of hydrogen-bond acceptors (Lipinski definition) is 6. The van der Waals surface area contributed by atoms with Crippen molar-refractivity contribution in [2.45, 2.75) is 31.7 Å². The van der Waals surface area contributed by atoms with Crippen LogP contribution >= 0.6 is 0 Å². The number of aliphatic hydroxyl groups excluding tert-OH is 1. The standard InChI is InChI=1S/C18H25N5O5/c1-19-7-8-28-17(26)20-10-11-3-4-12-14(9-11)22(2)18(27)23(12)13-5-6-15(24)21-16(13)25/h3-4,9,13,15,19,24H,5-8,10H2,1-2H3,(H,20,26)(H,21,25). The van der Waals surface area contributed by atoms with E-state index in [0.29, 0.717) is 30.4 Å². The molecule has 0 aliphatic carbocycles. The topological polar surface area (TPSA) is 127 Å². The number of fused-ring (bicyclic) bond motifs is 1. The van der Waals surface area contributed by atoms with Gasteiger partial charge in [0.05, 0.1) is 11.0 Å². The van der Waals surface area contributed by atoms with Crippen LogP contribution in [0.1, 0.15) is 24.4 Å². The molecule has 10 heteroatoms. The minimum absolute atomic E-state index is 0.254. The van der Waals surface area contributed by atoms with Gasteiger partial charge < -0.3 is 25.8 Å². The van der Waals surface area contributed by atoms with E-state index < -0.39 is 18.4 Å². The Labute approximate surface area is 161 Å². The van der Waals surface area contributed by atoms with Crippen LogP contribution < -0.4 is 21.6 Å². The van der Waals surface area contributed by atoms with Crippen LogP contribution in [0.5, 0.6) is 0 Å². The summed E-state index contributed by atoms with van der Waals surface area (Å²) in [6, 6.07) is 4.70. The molecule has 1 aliphatic rings. The maximum absolute atomic E-state index is 12.7. The van der Waals surface area contributed by atoms with Crippen LogP contribution in [0.4, 0.5) is 4.79 Å². The first-order valence-electron chi connectivity index (χ1n) is 9.16. The number of carbonyl (C=O) groups is 2. The first-order chi connectivity index (χ1) is 13.4. The van der Waals surface area contributed by atoms with Crippen LogP contribution in [0.15, 0.2) is 23.0 Å². The molecule has 10 nitrogen and oxygen atoms in total. The summed E-state index contributed by atoms with van der Waals surface area (Å²) in [5, 5.41) is 17.6. The predicted octanol–water partition coefficient (Wildman–Crippen LogP) is -0.445. The van der Waals surface area contributed by atoms with Gasteiger partial charge in [0.1, 0.15) is 18.9 Å². The smallest absolute Gasteiger partial charge is 0.407 e. The molecule has 1 aliphatic heterocycles. The van der Waals surface area contributed by atoms with Crippen molar-refractivity contribution in [1.82, 2.24) is 25.1 Å². The van der Waals surface area contributed by atoms with E-state index in [0.717, 1.165) is 5.56 Å². The first kappa shape index (κ1) is 19.9. The third-order valence-electron chi connectivity index (χ3n) is 4.81. The molecule has 0 radical (unpaired) electrons. The Bertz CT molecular complexity index is 934. The largest absolute Gasteiger partial charge is 0.448 e. The maximum atomic E-state index is 12.7. The highest BCUT2D eigenvalue weighted by Gasteiger charge is 2.31. The molecule has 2 atom stereocenters. The molecule has 1 aromatic carbocycles. The third kappa shape index (κ3) is 4.02. The summed E-state index contributed by atoms with van der Waals surface area (Å²) in [7, 11) is 3.41. The average Bonchev–Trinajstić information content (AvgIpc) is 2.91. The lowest BCUT2D eigenvalue weighted by Gasteiger charge is -2.26. The number of amides is 2. The van der Waals surface area contributed by atoms with Crippen LogP contribution in [-0.4, -0.2) is 52.7 Å². The van der Waals surface area contributed by atoms with Gasteiger partial charge in [0.2, 0.25) is 5.91 Å². The number of aryl methyl sites for hydroxylation is 1. The molecule has 1 fully saturated rings. The number of ether oxygens (including phenoxy) is 1. The van der Waals surface area contributed by atoms with E-state index in [1.54, 1.807) is 32.3 Å². The normalized spacial score (nSPS) is 19.5. The van der Waals surface area contributed by atoms with Gasteiger partial charge in [0, 0.05) is 20.1 Å². The average molecular weight is 391 g/mol. The van der Waals surface area contributed by atoms with Crippen molar-refractivity contribution in [2.75, 3.05) is 20.2 Å². The van der Waals surface area contributed by atoms with Crippen LogP contribution in [0, 0.1) is 0 Å². The molecule has 4 N–H and O–H groups in total. The van der Waals surface area contributed by atoms with Crippen LogP contribution in [0.2, 0.25) is 0 Å². The molecular formula is C18H25N5O5. The number of hydrogen-bond donors (Lipinski definition) is 4. The number of aliphatic hydroxyl groups is 1. The van der Waals surface area contributed by atoms with Crippen LogP contribution in [0.25, 0.3) is 11.0 Å². The van der Waals surface area contributed by atoms with Gasteiger partial charge in [-0.25, -0.2) is 9.59 Å². The van der Waals surface area contributed by atoms with Crippen molar-refractivity contribution < 1.29 is 19.4 Å². The highest BCUT2D eigenvalue weighted by Crippen LogP contribution is 2.24. The number of benzene rings is 1. The highest BCUT2D eigenvalue weighted by molar-refractivity contribution is 5.85. The van der Waals surface area contributed by atoms with Gasteiger partial charge in [-0.3, -0.25) is 13.9 Å². The second-order valence-electron chi connectivity index (χ2n) is 6.75. The molecule has 2 aromatic rings. The number of nitrogens with zero attached hydrogens (tertiary/aromatic N) is 2. The fourth-order valence-corrected chi connectivity index (χ4v) is 3.32. The number of rotatable bonds is 6. The van der Waals surface area contributed by atoms with Crippen molar-refractivity contribution in [2.24, 2.45) is 7.05 Å². The molecule has 2 amide bonds. The fourth-order valence-electron chi connectivity index (χ4n) is 3.32. The van der Waals surface area contributed by atoms with E-state index in [1.807, 2.05) is 0 Å². The zero-order valence-electron chi connectivity index (χ0n) is 15.9. The zero-order chi connectivity index (χ0) is 20.3. The summed E-state index contributed by atoms with van der Waals surface area (Å²) in [4.78, 5) is 36.6. The number of imidazole rings is 1. The van der Waals surface area contributed by atoms with Gasteiger partial charge in [-0.05, 0) is 37.6 Å². The Morgan fingerprint density at radius 3 is 2.82 bits per heavy atom. The molecular weight excluding hydrogens is 366 g/mol. The van der Waals surface area contributed by atoms with Crippen molar-refractivity contribution in [3.63, 3.8) is 0 Å². The SMILES string of the molecule is CNCCOC(=O)NCc1ccc2c(c1)n(C)c(=O)n2C1CCC(O)NC1=O. The molecule has 2 heterocycles. The second kappa shape index (κ2) is 8.44. The predicted molar refractivity (Wildman–Crippen MR) is 102 cm³/mol. The van der Waals surface area contributed by atoms with E-state index in [9.17, 15) is 19.5 Å². The summed E-state index contributed by atoms with van der Waals surface area (Å²) in [6.07, 6.45) is -0.621. The Morgan fingerprint density at radius 2 is 2.11 bits per heavy atom. The number of alkyl carbamates (subject to hydrolysis) is 1. The van der Waals surface area contributed by atoms with E-state index in [1.165, 1.54) is 9.13 Å². The van der Waals surface area contributed by atoms with Crippen LogP contribution in [0.3, 0.4) is 0 Å². The zero-order valence-corrected chi connectivity index (χ0v) is 15.9. The molecule has 3 rings (SSSR count). The molecule has 0 spiro atoms. The second-order valence-corrected chi connectivity index (χ2v) is 6.75. The van der Waals surface area contributed by atoms with Gasteiger partial charge in [-0.1, -0.05) is 6.07 Å². The number of aromatic nitrogens is 2. The van der Waals surface area contributed by atoms with E-state index in [2.05, 4.69) is 16.0 Å². The molecule has 0 saturated carbocycles. The van der Waals surface area contributed by atoms with Gasteiger partial charge in [-0.15, -0.1) is 0 Å². The van der Waals surface area contributed by atoms with Gasteiger partial charge >= 0.3 is 11.8 Å². The highest BCUT2D eigenvalue weighted by atomic mass is 16.5. The Hall–Kier alpha value is -2.85. The molecule has 28 heavy (non-hydrogen) atoms. The van der Waals surface area contributed by atoms with Crippen molar-refractivity contribution in [3.05, 3.63) is 34.2 Å². The van der Waals surface area contributed by atoms with Gasteiger partial charge in [0.25, 0.3) is 0 Å². The third-order valence-corrected chi connectivity index (χ3v) is 4.81. The van der Waals surface area contributed by atoms with Crippen molar-refractivity contribution in [1.29, 1.82) is 0 Å². The Kier molecular flexibility index (Phi) is 6.00. The quantitative estimate of drug-likeness (QED) is 0.495. The molecule has 2 unspecified atom stereocenters. The molecule has 0 bridgehead atoms. The van der Waals surface area contributed by atoms with E-state index in [4.69, 9.17) is 4.74 Å².